The number of hydrogen-bond donors (Lipinski definition) is 1. The van der Waals surface area contributed by atoms with Crippen LogP contribution >= 0.6 is 0 Å². The van der Waals surface area contributed by atoms with Crippen LogP contribution < -0.4 is 5.32 Å². The van der Waals surface area contributed by atoms with E-state index in [2.05, 4.69) is 15.4 Å². The molecule has 0 fully saturated rings. The summed E-state index contributed by atoms with van der Waals surface area (Å²) in [6.07, 6.45) is -2.18. The number of amides is 1. The van der Waals surface area contributed by atoms with Crippen LogP contribution in [0.3, 0.4) is 0 Å². The summed E-state index contributed by atoms with van der Waals surface area (Å²) in [6, 6.07) is 1.90. The topological polar surface area (TPSA) is 64.7 Å². The summed E-state index contributed by atoms with van der Waals surface area (Å²) < 4.78 is 41.4. The van der Waals surface area contributed by atoms with Crippen molar-refractivity contribution >= 4 is 5.91 Å². The molecule has 2 aromatic rings. The first-order valence-corrected chi connectivity index (χ1v) is 8.13. The summed E-state index contributed by atoms with van der Waals surface area (Å²) in [7, 11) is 0. The number of fused-ring (bicyclic) bond motifs is 1. The zero-order valence-corrected chi connectivity index (χ0v) is 14.1. The van der Waals surface area contributed by atoms with E-state index in [0.29, 0.717) is 31.8 Å². The number of imidazole rings is 1. The van der Waals surface area contributed by atoms with E-state index in [0.717, 1.165) is 17.6 Å². The summed E-state index contributed by atoms with van der Waals surface area (Å²) in [4.78, 5) is 15.7. The first-order valence-electron chi connectivity index (χ1n) is 8.13. The van der Waals surface area contributed by atoms with Crippen LogP contribution in [0.4, 0.5) is 13.2 Å². The number of hydrogen-bond acceptors (Lipinski definition) is 3. The number of carbonyl (C=O) groups is 1. The molecule has 0 saturated heterocycles. The monoisotopic (exact) mass is 355 g/mol. The van der Waals surface area contributed by atoms with E-state index < -0.39 is 11.9 Å². The number of aryl methyl sites for hydroxylation is 3. The van der Waals surface area contributed by atoms with Crippen molar-refractivity contribution in [3.63, 3.8) is 0 Å². The number of alkyl halides is 3. The Labute approximate surface area is 143 Å². The lowest BCUT2D eigenvalue weighted by molar-refractivity contribution is -0.141. The highest BCUT2D eigenvalue weighted by Crippen LogP contribution is 2.30. The lowest BCUT2D eigenvalue weighted by Crippen LogP contribution is -2.35. The van der Waals surface area contributed by atoms with Crippen molar-refractivity contribution in [2.75, 3.05) is 6.54 Å². The second kappa shape index (κ2) is 6.53. The van der Waals surface area contributed by atoms with E-state index in [1.54, 1.807) is 9.25 Å². The van der Waals surface area contributed by atoms with E-state index >= 15 is 0 Å². The predicted octanol–water partition coefficient (Wildman–Crippen LogP) is 2.09. The molecule has 0 aromatic carbocycles. The summed E-state index contributed by atoms with van der Waals surface area (Å²) in [6.45, 7) is 4.74. The van der Waals surface area contributed by atoms with Crippen molar-refractivity contribution in [1.82, 2.24) is 24.6 Å². The molecule has 0 unspecified atom stereocenters. The molecule has 1 amide bonds. The van der Waals surface area contributed by atoms with Gasteiger partial charge >= 0.3 is 6.18 Å². The molecule has 0 radical (unpaired) electrons. The fourth-order valence-corrected chi connectivity index (χ4v) is 3.10. The Balaban J connectivity index is 1.54. The largest absolute Gasteiger partial charge is 0.434 e. The van der Waals surface area contributed by atoms with Crippen molar-refractivity contribution in [3.05, 3.63) is 35.2 Å². The van der Waals surface area contributed by atoms with Crippen molar-refractivity contribution in [2.24, 2.45) is 5.92 Å². The van der Waals surface area contributed by atoms with Crippen LogP contribution in [0, 0.1) is 19.8 Å². The second-order valence-electron chi connectivity index (χ2n) is 6.49. The van der Waals surface area contributed by atoms with Gasteiger partial charge in [-0.25, -0.2) is 4.98 Å². The molecule has 1 N–H and O–H groups in total. The molecule has 25 heavy (non-hydrogen) atoms. The quantitative estimate of drug-likeness (QED) is 0.913. The average molecular weight is 355 g/mol. The molecule has 0 spiro atoms. The van der Waals surface area contributed by atoms with E-state index in [1.807, 2.05) is 19.9 Å². The van der Waals surface area contributed by atoms with Crippen LogP contribution in [-0.4, -0.2) is 31.8 Å². The molecule has 6 nitrogen and oxygen atoms in total. The van der Waals surface area contributed by atoms with E-state index in [-0.39, 0.29) is 18.4 Å². The summed E-state index contributed by atoms with van der Waals surface area (Å²) in [5.74, 6) is 0.392. The summed E-state index contributed by atoms with van der Waals surface area (Å²) in [5.41, 5.74) is 0.912. The second-order valence-corrected chi connectivity index (χ2v) is 6.49. The lowest BCUT2D eigenvalue weighted by atomic mass is 9.99. The van der Waals surface area contributed by atoms with E-state index in [4.69, 9.17) is 0 Å². The molecule has 0 bridgehead atoms. The average Bonchev–Trinajstić information content (AvgIpc) is 3.07. The minimum absolute atomic E-state index is 0.0900. The van der Waals surface area contributed by atoms with Crippen molar-refractivity contribution in [3.8, 4) is 0 Å². The SMILES string of the molecule is Cc1cc(C)n(CC(=O)NC[C@H]2CCc3nc(C(F)(F)F)cn3C2)n1. The van der Waals surface area contributed by atoms with Gasteiger partial charge in [0.1, 0.15) is 12.4 Å². The zero-order valence-electron chi connectivity index (χ0n) is 14.1. The number of carbonyl (C=O) groups excluding carboxylic acids is 1. The minimum atomic E-state index is -4.42. The predicted molar refractivity (Wildman–Crippen MR) is 83.8 cm³/mol. The fraction of sp³-hybridized carbons (Fsp3) is 0.562. The van der Waals surface area contributed by atoms with Gasteiger partial charge in [-0.05, 0) is 32.3 Å². The van der Waals surface area contributed by atoms with Gasteiger partial charge in [-0.2, -0.15) is 18.3 Å². The van der Waals surface area contributed by atoms with Gasteiger partial charge in [0.2, 0.25) is 5.91 Å². The molecule has 136 valence electrons. The Morgan fingerprint density at radius 1 is 1.40 bits per heavy atom. The highest BCUT2D eigenvalue weighted by molar-refractivity contribution is 5.75. The molecule has 0 saturated carbocycles. The van der Waals surface area contributed by atoms with E-state index in [9.17, 15) is 18.0 Å². The molecule has 3 heterocycles. The molecule has 3 rings (SSSR count). The number of aromatic nitrogens is 4. The molecule has 9 heteroatoms. The molecule has 1 atom stereocenters. The maximum atomic E-state index is 12.7. The van der Waals surface area contributed by atoms with Crippen molar-refractivity contribution in [2.45, 2.75) is 46.0 Å². The van der Waals surface area contributed by atoms with Gasteiger partial charge < -0.3 is 9.88 Å². The fourth-order valence-electron chi connectivity index (χ4n) is 3.10. The number of halogens is 3. The molecular weight excluding hydrogens is 335 g/mol. The third kappa shape index (κ3) is 4.02. The van der Waals surface area contributed by atoms with Crippen LogP contribution in [0.25, 0.3) is 0 Å². The lowest BCUT2D eigenvalue weighted by Gasteiger charge is -2.23. The summed E-state index contributed by atoms with van der Waals surface area (Å²) in [5, 5.41) is 7.09. The third-order valence-electron chi connectivity index (χ3n) is 4.37. The normalized spacial score (nSPS) is 17.4. The Morgan fingerprint density at radius 2 is 2.16 bits per heavy atom. The Bertz CT molecular complexity index is 777. The zero-order chi connectivity index (χ0) is 18.2. The smallest absolute Gasteiger partial charge is 0.354 e. The number of rotatable bonds is 4. The number of nitrogens with zero attached hydrogens (tertiary/aromatic N) is 4. The van der Waals surface area contributed by atoms with Crippen molar-refractivity contribution < 1.29 is 18.0 Å². The van der Waals surface area contributed by atoms with Gasteiger partial charge in [-0.1, -0.05) is 0 Å². The van der Waals surface area contributed by atoms with Gasteiger partial charge in [0.25, 0.3) is 0 Å². The highest BCUT2D eigenvalue weighted by atomic mass is 19.4. The van der Waals surface area contributed by atoms with E-state index in [1.165, 1.54) is 0 Å². The Hall–Kier alpha value is -2.32. The van der Waals surface area contributed by atoms with Gasteiger partial charge in [-0.3, -0.25) is 9.48 Å². The highest BCUT2D eigenvalue weighted by Gasteiger charge is 2.35. The van der Waals surface area contributed by atoms with Gasteiger partial charge in [0, 0.05) is 31.4 Å². The molecule has 1 aliphatic heterocycles. The van der Waals surface area contributed by atoms with Gasteiger partial charge in [-0.15, -0.1) is 0 Å². The molecule has 2 aromatic heterocycles. The van der Waals surface area contributed by atoms with Gasteiger partial charge in [0.15, 0.2) is 5.69 Å². The van der Waals surface area contributed by atoms with Crippen LogP contribution in [0.2, 0.25) is 0 Å². The minimum Gasteiger partial charge on any atom is -0.354 e. The summed E-state index contributed by atoms with van der Waals surface area (Å²) >= 11 is 0. The van der Waals surface area contributed by atoms with Gasteiger partial charge in [0.05, 0.1) is 5.69 Å². The van der Waals surface area contributed by atoms with Crippen molar-refractivity contribution in [1.29, 1.82) is 0 Å². The van der Waals surface area contributed by atoms with Crippen LogP contribution in [-0.2, 0) is 30.5 Å². The van der Waals surface area contributed by atoms with Crippen LogP contribution in [0.5, 0.6) is 0 Å². The first kappa shape index (κ1) is 17.5. The third-order valence-corrected chi connectivity index (χ3v) is 4.37. The maximum Gasteiger partial charge on any atom is 0.434 e. The molecule has 0 aliphatic carbocycles. The van der Waals surface area contributed by atoms with Crippen LogP contribution in [0.1, 0.15) is 29.3 Å². The maximum absolute atomic E-state index is 12.7. The van der Waals surface area contributed by atoms with Crippen LogP contribution in [0.15, 0.2) is 12.3 Å². The number of nitrogens with one attached hydrogen (secondary N) is 1. The molecule has 1 aliphatic rings. The molecular formula is C16H20F3N5O. The Morgan fingerprint density at radius 3 is 2.80 bits per heavy atom. The standard InChI is InChI=1S/C16H20F3N5O/c1-10-5-11(2)24(22-10)9-15(25)20-6-12-3-4-14-21-13(16(17,18)19)8-23(14)7-12/h5,8,12H,3-4,6-7,9H2,1-2H3,(H,20,25)/t12-/m1/s1. The Kier molecular flexibility index (Phi) is 4.57. The first-order chi connectivity index (χ1) is 11.7.